The minimum absolute atomic E-state index is 0.366. The molecule has 7 nitrogen and oxygen atoms in total. The SMILES string of the molecule is CC(C)c1cnn2c(NCCc3c[nH]c4ccccc34)cc(NCCCCCCN)nc12. The van der Waals surface area contributed by atoms with Crippen molar-refractivity contribution in [2.75, 3.05) is 30.3 Å². The van der Waals surface area contributed by atoms with Gasteiger partial charge in [0, 0.05) is 41.8 Å². The van der Waals surface area contributed by atoms with Crippen LogP contribution in [0.25, 0.3) is 16.6 Å². The predicted molar refractivity (Wildman–Crippen MR) is 134 cm³/mol. The molecule has 0 aliphatic heterocycles. The largest absolute Gasteiger partial charge is 0.370 e. The predicted octanol–water partition coefficient (Wildman–Crippen LogP) is 4.92. The highest BCUT2D eigenvalue weighted by Gasteiger charge is 2.14. The number of unbranched alkanes of at least 4 members (excludes halogenated alkanes) is 3. The summed E-state index contributed by atoms with van der Waals surface area (Å²) in [4.78, 5) is 8.23. The Bertz CT molecular complexity index is 1140. The third-order valence-electron chi connectivity index (χ3n) is 5.93. The summed E-state index contributed by atoms with van der Waals surface area (Å²) in [5.41, 5.74) is 10.2. The molecule has 7 heteroatoms. The second-order valence-corrected chi connectivity index (χ2v) is 8.68. The normalized spacial score (nSPS) is 11.6. The lowest BCUT2D eigenvalue weighted by atomic mass is 10.1. The molecule has 0 unspecified atom stereocenters. The average Bonchev–Trinajstić information content (AvgIpc) is 3.41. The zero-order valence-electron chi connectivity index (χ0n) is 19.2. The van der Waals surface area contributed by atoms with Gasteiger partial charge in [0.2, 0.25) is 0 Å². The molecule has 0 spiro atoms. The van der Waals surface area contributed by atoms with Crippen LogP contribution >= 0.6 is 0 Å². The Balaban J connectivity index is 1.47. The molecule has 32 heavy (non-hydrogen) atoms. The molecular formula is C25H35N7. The molecule has 4 aromatic rings. The van der Waals surface area contributed by atoms with Crippen LogP contribution in [0, 0.1) is 0 Å². The number of aromatic amines is 1. The Kier molecular flexibility index (Phi) is 7.27. The number of hydrogen-bond donors (Lipinski definition) is 4. The minimum Gasteiger partial charge on any atom is -0.370 e. The van der Waals surface area contributed by atoms with Crippen molar-refractivity contribution in [2.45, 2.75) is 51.9 Å². The van der Waals surface area contributed by atoms with Crippen LogP contribution in [0.15, 0.2) is 42.7 Å². The van der Waals surface area contributed by atoms with E-state index in [2.05, 4.69) is 71.1 Å². The number of rotatable bonds is 12. The van der Waals surface area contributed by atoms with Crippen molar-refractivity contribution in [1.82, 2.24) is 19.6 Å². The van der Waals surface area contributed by atoms with E-state index in [0.29, 0.717) is 5.92 Å². The summed E-state index contributed by atoms with van der Waals surface area (Å²) in [5.74, 6) is 2.23. The monoisotopic (exact) mass is 433 g/mol. The van der Waals surface area contributed by atoms with Crippen LogP contribution < -0.4 is 16.4 Å². The summed E-state index contributed by atoms with van der Waals surface area (Å²) >= 11 is 0. The maximum atomic E-state index is 5.59. The van der Waals surface area contributed by atoms with E-state index >= 15 is 0 Å². The van der Waals surface area contributed by atoms with Crippen LogP contribution in [0.5, 0.6) is 0 Å². The fourth-order valence-electron chi connectivity index (χ4n) is 4.11. The molecule has 5 N–H and O–H groups in total. The Morgan fingerprint density at radius 3 is 2.75 bits per heavy atom. The van der Waals surface area contributed by atoms with Gasteiger partial charge < -0.3 is 21.4 Å². The van der Waals surface area contributed by atoms with Crippen molar-refractivity contribution in [1.29, 1.82) is 0 Å². The molecule has 0 radical (unpaired) electrons. The summed E-state index contributed by atoms with van der Waals surface area (Å²) in [5, 5.41) is 13.0. The molecule has 0 bridgehead atoms. The number of anilines is 2. The van der Waals surface area contributed by atoms with E-state index in [9.17, 15) is 0 Å². The minimum atomic E-state index is 0.366. The number of aromatic nitrogens is 4. The third-order valence-corrected chi connectivity index (χ3v) is 5.93. The smallest absolute Gasteiger partial charge is 0.163 e. The fraction of sp³-hybridized carbons (Fsp3) is 0.440. The van der Waals surface area contributed by atoms with Gasteiger partial charge in [-0.2, -0.15) is 9.61 Å². The standard InChI is InChI=1S/C25H35N7/c1-18(2)21-17-30-32-24(15-23(31-25(21)32)27-13-8-4-3-7-12-26)28-14-11-19-16-29-22-10-6-5-9-20(19)22/h5-6,9-10,15-18,28-29H,3-4,7-8,11-14,26H2,1-2H3,(H,27,31). The molecule has 0 amide bonds. The van der Waals surface area contributed by atoms with Crippen LogP contribution in [0.2, 0.25) is 0 Å². The molecule has 0 aliphatic carbocycles. The first-order chi connectivity index (χ1) is 15.7. The van der Waals surface area contributed by atoms with E-state index in [-0.39, 0.29) is 0 Å². The highest BCUT2D eigenvalue weighted by Crippen LogP contribution is 2.24. The Morgan fingerprint density at radius 1 is 1.06 bits per heavy atom. The topological polar surface area (TPSA) is 96.1 Å². The highest BCUT2D eigenvalue weighted by molar-refractivity contribution is 5.83. The van der Waals surface area contributed by atoms with Crippen molar-refractivity contribution < 1.29 is 0 Å². The van der Waals surface area contributed by atoms with Crippen molar-refractivity contribution in [3.8, 4) is 0 Å². The van der Waals surface area contributed by atoms with Crippen molar-refractivity contribution in [3.63, 3.8) is 0 Å². The molecule has 4 rings (SSSR count). The second-order valence-electron chi connectivity index (χ2n) is 8.68. The van der Waals surface area contributed by atoms with Crippen LogP contribution in [0.4, 0.5) is 11.6 Å². The van der Waals surface area contributed by atoms with E-state index in [1.54, 1.807) is 0 Å². The first-order valence-corrected chi connectivity index (χ1v) is 11.8. The molecule has 0 saturated carbocycles. The van der Waals surface area contributed by atoms with Crippen LogP contribution in [-0.4, -0.2) is 39.2 Å². The van der Waals surface area contributed by atoms with E-state index in [4.69, 9.17) is 10.7 Å². The van der Waals surface area contributed by atoms with Crippen molar-refractivity contribution >= 4 is 28.2 Å². The van der Waals surface area contributed by atoms with Gasteiger partial charge in [-0.15, -0.1) is 0 Å². The van der Waals surface area contributed by atoms with Gasteiger partial charge in [0.15, 0.2) is 5.65 Å². The zero-order valence-corrected chi connectivity index (χ0v) is 19.2. The average molecular weight is 434 g/mol. The van der Waals surface area contributed by atoms with Gasteiger partial charge in [-0.1, -0.05) is 44.9 Å². The molecule has 0 aliphatic rings. The summed E-state index contributed by atoms with van der Waals surface area (Å²) in [6, 6.07) is 10.5. The van der Waals surface area contributed by atoms with E-state index < -0.39 is 0 Å². The number of hydrogen-bond acceptors (Lipinski definition) is 5. The molecular weight excluding hydrogens is 398 g/mol. The first kappa shape index (κ1) is 22.1. The fourth-order valence-corrected chi connectivity index (χ4v) is 4.11. The first-order valence-electron chi connectivity index (χ1n) is 11.8. The van der Waals surface area contributed by atoms with Gasteiger partial charge in [0.05, 0.1) is 6.20 Å². The van der Waals surface area contributed by atoms with Gasteiger partial charge in [0.25, 0.3) is 0 Å². The second kappa shape index (κ2) is 10.5. The summed E-state index contributed by atoms with van der Waals surface area (Å²) in [7, 11) is 0. The van der Waals surface area contributed by atoms with E-state index in [1.807, 2.05) is 10.7 Å². The number of fused-ring (bicyclic) bond motifs is 2. The van der Waals surface area contributed by atoms with Gasteiger partial charge >= 0.3 is 0 Å². The molecule has 170 valence electrons. The van der Waals surface area contributed by atoms with Gasteiger partial charge in [-0.05, 0) is 43.4 Å². The molecule has 1 aromatic carbocycles. The lowest BCUT2D eigenvalue weighted by Crippen LogP contribution is -2.12. The highest BCUT2D eigenvalue weighted by atomic mass is 15.3. The molecule has 3 aromatic heterocycles. The van der Waals surface area contributed by atoms with Crippen molar-refractivity contribution in [2.24, 2.45) is 5.73 Å². The molecule has 0 fully saturated rings. The number of nitrogens with two attached hydrogens (primary N) is 1. The van der Waals surface area contributed by atoms with Crippen LogP contribution in [0.3, 0.4) is 0 Å². The van der Waals surface area contributed by atoms with E-state index in [0.717, 1.165) is 61.7 Å². The quantitative estimate of drug-likeness (QED) is 0.238. The maximum Gasteiger partial charge on any atom is 0.163 e. The third kappa shape index (κ3) is 5.05. The molecule has 0 atom stereocenters. The molecule has 3 heterocycles. The Morgan fingerprint density at radius 2 is 1.91 bits per heavy atom. The number of para-hydroxylation sites is 1. The van der Waals surface area contributed by atoms with Gasteiger partial charge in [0.1, 0.15) is 11.6 Å². The molecule has 0 saturated heterocycles. The Labute approximate surface area is 189 Å². The maximum absolute atomic E-state index is 5.59. The van der Waals surface area contributed by atoms with E-state index in [1.165, 1.54) is 29.3 Å². The number of H-pyrrole nitrogens is 1. The van der Waals surface area contributed by atoms with Crippen LogP contribution in [0.1, 0.15) is 56.6 Å². The summed E-state index contributed by atoms with van der Waals surface area (Å²) in [6.07, 6.45) is 9.56. The zero-order chi connectivity index (χ0) is 22.3. The lowest BCUT2D eigenvalue weighted by Gasteiger charge is -2.13. The Hall–Kier alpha value is -3.06. The lowest BCUT2D eigenvalue weighted by molar-refractivity contribution is 0.661. The summed E-state index contributed by atoms with van der Waals surface area (Å²) < 4.78 is 1.93. The van der Waals surface area contributed by atoms with Crippen molar-refractivity contribution in [3.05, 3.63) is 53.9 Å². The summed E-state index contributed by atoms with van der Waals surface area (Å²) in [6.45, 7) is 6.86. The number of nitrogens with one attached hydrogen (secondary N) is 3. The van der Waals surface area contributed by atoms with Gasteiger partial charge in [-0.25, -0.2) is 4.98 Å². The number of nitrogens with zero attached hydrogens (tertiary/aromatic N) is 3. The van der Waals surface area contributed by atoms with Crippen LogP contribution in [-0.2, 0) is 6.42 Å². The van der Waals surface area contributed by atoms with Gasteiger partial charge in [-0.3, -0.25) is 0 Å². The number of benzene rings is 1.